The monoisotopic (exact) mass is 303 g/mol. The topological polar surface area (TPSA) is 61.9 Å². The quantitative estimate of drug-likeness (QED) is 0.331. The van der Waals surface area contributed by atoms with Crippen molar-refractivity contribution in [2.75, 3.05) is 17.6 Å². The van der Waals surface area contributed by atoms with Crippen LogP contribution in [0.2, 0.25) is 0 Å². The first-order valence-electron chi connectivity index (χ1n) is 7.70. The Hall–Kier alpha value is -2.75. The fraction of sp³-hybridized carbons (Fsp3) is 0.105. The van der Waals surface area contributed by atoms with E-state index in [1.807, 2.05) is 63.3 Å². The van der Waals surface area contributed by atoms with Crippen LogP contribution in [0.5, 0.6) is 0 Å². The molecule has 116 valence electrons. The molecular weight excluding hydrogens is 281 g/mol. The van der Waals surface area contributed by atoms with Crippen LogP contribution in [0.4, 0.5) is 11.4 Å². The van der Waals surface area contributed by atoms with Gasteiger partial charge in [-0.2, -0.15) is 0 Å². The van der Waals surface area contributed by atoms with E-state index in [0.29, 0.717) is 0 Å². The minimum absolute atomic E-state index is 0.731. The molecule has 0 aromatic heterocycles. The van der Waals surface area contributed by atoms with E-state index in [1.54, 1.807) is 0 Å². The number of allylic oxidation sites excluding steroid dienone is 1. The zero-order chi connectivity index (χ0) is 16.7. The van der Waals surface area contributed by atoms with Gasteiger partial charge in [-0.15, -0.1) is 5.98 Å². The first-order valence-corrected chi connectivity index (χ1v) is 7.70. The van der Waals surface area contributed by atoms with Crippen LogP contribution < -0.4 is 11.1 Å². The Balaban J connectivity index is 2.27. The number of hydrogen-bond donors (Lipinski definition) is 3. The van der Waals surface area contributed by atoms with Crippen molar-refractivity contribution >= 4 is 25.4 Å². The first kappa shape index (κ1) is 16.6. The lowest BCUT2D eigenvalue weighted by molar-refractivity contribution is 1.26. The van der Waals surface area contributed by atoms with E-state index < -0.39 is 0 Å². The molecule has 0 radical (unpaired) electrons. The van der Waals surface area contributed by atoms with Crippen molar-refractivity contribution < 1.29 is 0 Å². The Morgan fingerprint density at radius 2 is 2.04 bits per heavy atom. The van der Waals surface area contributed by atoms with Gasteiger partial charge in [0.1, 0.15) is 7.85 Å². The summed E-state index contributed by atoms with van der Waals surface area (Å²) < 4.78 is 0. The predicted octanol–water partition coefficient (Wildman–Crippen LogP) is 3.44. The zero-order valence-electron chi connectivity index (χ0n) is 13.6. The molecular formula is C19H22BN3. The number of rotatable bonds is 6. The summed E-state index contributed by atoms with van der Waals surface area (Å²) in [5.41, 5.74) is 11.8. The van der Waals surface area contributed by atoms with Crippen LogP contribution >= 0.6 is 0 Å². The van der Waals surface area contributed by atoms with Crippen molar-refractivity contribution in [2.45, 2.75) is 6.92 Å². The molecule has 0 saturated heterocycles. The predicted molar refractivity (Wildman–Crippen MR) is 104 cm³/mol. The maximum atomic E-state index is 7.68. The maximum Gasteiger partial charge on any atom is 0.130 e. The fourth-order valence-electron chi connectivity index (χ4n) is 2.44. The summed E-state index contributed by atoms with van der Waals surface area (Å²) in [4.78, 5) is 0. The van der Waals surface area contributed by atoms with Crippen molar-refractivity contribution in [1.82, 2.24) is 0 Å². The third-order valence-electron chi connectivity index (χ3n) is 3.71. The van der Waals surface area contributed by atoms with Gasteiger partial charge in [-0.1, -0.05) is 36.4 Å². The van der Waals surface area contributed by atoms with E-state index in [4.69, 9.17) is 11.1 Å². The zero-order valence-corrected chi connectivity index (χ0v) is 13.6. The van der Waals surface area contributed by atoms with Crippen LogP contribution in [0.25, 0.3) is 11.1 Å². The van der Waals surface area contributed by atoms with E-state index in [-0.39, 0.29) is 0 Å². The molecule has 2 aromatic rings. The van der Waals surface area contributed by atoms with E-state index >= 15 is 0 Å². The summed E-state index contributed by atoms with van der Waals surface area (Å²) in [5, 5.41) is 11.1. The second-order valence-electron chi connectivity index (χ2n) is 5.25. The van der Waals surface area contributed by atoms with Crippen molar-refractivity contribution in [1.29, 1.82) is 5.41 Å². The maximum absolute atomic E-state index is 7.68. The SMILES string of the molecule is B/C=C(\C=C/C)CNc1ccc(-c2ccccc2N)cc1C=N. The van der Waals surface area contributed by atoms with Crippen LogP contribution in [0, 0.1) is 5.41 Å². The normalized spacial score (nSPS) is 11.6. The molecule has 3 nitrogen and oxygen atoms in total. The highest BCUT2D eigenvalue weighted by Crippen LogP contribution is 2.28. The van der Waals surface area contributed by atoms with Gasteiger partial charge in [0.25, 0.3) is 0 Å². The number of nitrogens with one attached hydrogen (secondary N) is 2. The fourth-order valence-corrected chi connectivity index (χ4v) is 2.44. The van der Waals surface area contributed by atoms with Crippen LogP contribution in [0.3, 0.4) is 0 Å². The Morgan fingerprint density at radius 3 is 2.70 bits per heavy atom. The first-order chi connectivity index (χ1) is 11.2. The van der Waals surface area contributed by atoms with Gasteiger partial charge in [0.2, 0.25) is 0 Å². The summed E-state index contributed by atoms with van der Waals surface area (Å²) in [6, 6.07) is 13.8. The van der Waals surface area contributed by atoms with Gasteiger partial charge in [-0.05, 0) is 36.3 Å². The number of para-hydroxylation sites is 1. The second-order valence-corrected chi connectivity index (χ2v) is 5.25. The number of nitrogen functional groups attached to an aromatic ring is 1. The Labute approximate surface area is 138 Å². The molecule has 0 amide bonds. The number of anilines is 2. The van der Waals surface area contributed by atoms with Gasteiger partial charge < -0.3 is 16.5 Å². The smallest absolute Gasteiger partial charge is 0.130 e. The largest absolute Gasteiger partial charge is 0.398 e. The highest BCUT2D eigenvalue weighted by Gasteiger charge is 2.06. The molecule has 4 N–H and O–H groups in total. The molecule has 0 aliphatic carbocycles. The Morgan fingerprint density at radius 1 is 1.26 bits per heavy atom. The molecule has 0 spiro atoms. The highest BCUT2D eigenvalue weighted by molar-refractivity contribution is 6.17. The van der Waals surface area contributed by atoms with Gasteiger partial charge in [-0.25, -0.2) is 0 Å². The molecule has 23 heavy (non-hydrogen) atoms. The summed E-state index contributed by atoms with van der Waals surface area (Å²) in [7, 11) is 2.02. The van der Waals surface area contributed by atoms with E-state index in [0.717, 1.165) is 34.6 Å². The molecule has 0 saturated carbocycles. The number of nitrogens with two attached hydrogens (primary N) is 1. The third-order valence-corrected chi connectivity index (χ3v) is 3.71. The van der Waals surface area contributed by atoms with Crippen LogP contribution in [-0.4, -0.2) is 20.6 Å². The summed E-state index contributed by atoms with van der Waals surface area (Å²) in [6.45, 7) is 2.74. The molecule has 0 bridgehead atoms. The van der Waals surface area contributed by atoms with Crippen LogP contribution in [0.1, 0.15) is 12.5 Å². The lowest BCUT2D eigenvalue weighted by atomic mass is 10.00. The van der Waals surface area contributed by atoms with Gasteiger partial charge >= 0.3 is 0 Å². The van der Waals surface area contributed by atoms with E-state index in [1.165, 1.54) is 11.8 Å². The average molecular weight is 303 g/mol. The van der Waals surface area contributed by atoms with Gasteiger partial charge in [0.15, 0.2) is 0 Å². The molecule has 0 aliphatic rings. The number of benzene rings is 2. The van der Waals surface area contributed by atoms with Crippen molar-refractivity contribution in [3.05, 3.63) is 71.7 Å². The van der Waals surface area contributed by atoms with Crippen LogP contribution in [-0.2, 0) is 0 Å². The summed E-state index contributed by atoms with van der Waals surface area (Å²) in [6.07, 6.45) is 5.47. The van der Waals surface area contributed by atoms with Crippen molar-refractivity contribution in [3.8, 4) is 11.1 Å². The summed E-state index contributed by atoms with van der Waals surface area (Å²) >= 11 is 0. The van der Waals surface area contributed by atoms with Crippen molar-refractivity contribution in [2.24, 2.45) is 0 Å². The molecule has 2 rings (SSSR count). The molecule has 0 atom stereocenters. The molecule has 2 aromatic carbocycles. The third kappa shape index (κ3) is 4.13. The van der Waals surface area contributed by atoms with E-state index in [9.17, 15) is 0 Å². The highest BCUT2D eigenvalue weighted by atomic mass is 14.9. The lowest BCUT2D eigenvalue weighted by Gasteiger charge is -2.13. The Kier molecular flexibility index (Phi) is 5.81. The second kappa shape index (κ2) is 8.04. The lowest BCUT2D eigenvalue weighted by Crippen LogP contribution is -2.06. The average Bonchev–Trinajstić information content (AvgIpc) is 2.59. The van der Waals surface area contributed by atoms with E-state index in [2.05, 4.69) is 17.4 Å². The molecule has 0 aliphatic heterocycles. The van der Waals surface area contributed by atoms with Gasteiger partial charge in [0.05, 0.1) is 0 Å². The molecule has 0 heterocycles. The minimum Gasteiger partial charge on any atom is -0.398 e. The van der Waals surface area contributed by atoms with Gasteiger partial charge in [-0.3, -0.25) is 0 Å². The summed E-state index contributed by atoms with van der Waals surface area (Å²) in [5.74, 6) is 2.08. The van der Waals surface area contributed by atoms with Crippen molar-refractivity contribution in [3.63, 3.8) is 0 Å². The number of hydrogen-bond acceptors (Lipinski definition) is 3. The standard InChI is InChI=1S/C19H22BN3/c1-2-5-14(11-20)13-23-19-9-8-15(10-16(19)12-21)17-6-3-4-7-18(17)22/h2-12,21,23H,13,20,22H2,1H3/b5-2-,14-11+,21-12?. The molecule has 0 unspecified atom stereocenters. The van der Waals surface area contributed by atoms with Gasteiger partial charge in [0, 0.05) is 35.3 Å². The Bertz CT molecular complexity index is 748. The minimum atomic E-state index is 0.731. The molecule has 4 heteroatoms. The van der Waals surface area contributed by atoms with Crippen LogP contribution in [0.15, 0.2) is 66.2 Å². The molecule has 0 fully saturated rings.